The maximum absolute atomic E-state index is 11.4. The van der Waals surface area contributed by atoms with E-state index in [1.54, 1.807) is 12.1 Å². The molecule has 12 heavy (non-hydrogen) atoms. The fourth-order valence-corrected chi connectivity index (χ4v) is 1.95. The Bertz CT molecular complexity index is 306. The highest BCUT2D eigenvalue weighted by atomic mass is 35.5. The molecule has 1 aliphatic rings. The van der Waals surface area contributed by atoms with E-state index in [1.807, 2.05) is 0 Å². The first-order valence-electron chi connectivity index (χ1n) is 3.76. The standard InChI is InChI=1S/C8H8ClNOS/c9-8-2-1-7(12-8)6(11)5-10-3-4-10/h1-2H,3-5H2. The Morgan fingerprint density at radius 1 is 1.58 bits per heavy atom. The predicted molar refractivity (Wildman–Crippen MR) is 50.1 cm³/mol. The van der Waals surface area contributed by atoms with Gasteiger partial charge in [0, 0.05) is 13.1 Å². The molecule has 64 valence electrons. The van der Waals surface area contributed by atoms with E-state index in [2.05, 4.69) is 4.90 Å². The average molecular weight is 202 g/mol. The lowest BCUT2D eigenvalue weighted by Gasteiger charge is -1.95. The Balaban J connectivity index is 2.03. The molecule has 1 saturated heterocycles. The van der Waals surface area contributed by atoms with Gasteiger partial charge >= 0.3 is 0 Å². The Kier molecular flexibility index (Phi) is 2.17. The van der Waals surface area contributed by atoms with Crippen LogP contribution in [0.15, 0.2) is 12.1 Å². The third-order valence-electron chi connectivity index (χ3n) is 1.76. The third kappa shape index (κ3) is 1.86. The number of ketones is 1. The summed E-state index contributed by atoms with van der Waals surface area (Å²) in [5.41, 5.74) is 0. The van der Waals surface area contributed by atoms with E-state index in [1.165, 1.54) is 11.3 Å². The van der Waals surface area contributed by atoms with Crippen LogP contribution in [-0.4, -0.2) is 30.3 Å². The van der Waals surface area contributed by atoms with Gasteiger partial charge < -0.3 is 0 Å². The molecule has 0 N–H and O–H groups in total. The second-order valence-electron chi connectivity index (χ2n) is 2.80. The summed E-state index contributed by atoms with van der Waals surface area (Å²) in [5.74, 6) is 0.185. The highest BCUT2D eigenvalue weighted by Crippen LogP contribution is 2.22. The summed E-state index contributed by atoms with van der Waals surface area (Å²) in [6, 6.07) is 3.56. The van der Waals surface area contributed by atoms with Crippen LogP contribution in [0.4, 0.5) is 0 Å². The minimum absolute atomic E-state index is 0.185. The van der Waals surface area contributed by atoms with Gasteiger partial charge in [0.2, 0.25) is 0 Å². The zero-order valence-electron chi connectivity index (χ0n) is 6.42. The van der Waals surface area contributed by atoms with Gasteiger partial charge in [-0.2, -0.15) is 0 Å². The van der Waals surface area contributed by atoms with Crippen LogP contribution in [0.1, 0.15) is 9.67 Å². The molecule has 1 fully saturated rings. The highest BCUT2D eigenvalue weighted by Gasteiger charge is 2.21. The first-order chi connectivity index (χ1) is 5.75. The molecule has 0 aliphatic carbocycles. The van der Waals surface area contributed by atoms with Crippen molar-refractivity contribution in [1.82, 2.24) is 4.90 Å². The minimum atomic E-state index is 0.185. The van der Waals surface area contributed by atoms with Crippen molar-refractivity contribution in [2.45, 2.75) is 0 Å². The van der Waals surface area contributed by atoms with Crippen LogP contribution in [0.5, 0.6) is 0 Å². The lowest BCUT2D eigenvalue weighted by atomic mass is 10.3. The van der Waals surface area contributed by atoms with Gasteiger partial charge in [-0.1, -0.05) is 11.6 Å². The zero-order valence-corrected chi connectivity index (χ0v) is 7.99. The molecule has 0 saturated carbocycles. The number of carbonyl (C=O) groups is 1. The summed E-state index contributed by atoms with van der Waals surface area (Å²) < 4.78 is 0.684. The van der Waals surface area contributed by atoms with Gasteiger partial charge in [0.15, 0.2) is 5.78 Å². The lowest BCUT2D eigenvalue weighted by molar-refractivity contribution is 0.0978. The molecule has 0 unspecified atom stereocenters. The molecule has 0 bridgehead atoms. The van der Waals surface area contributed by atoms with Crippen molar-refractivity contribution < 1.29 is 4.79 Å². The van der Waals surface area contributed by atoms with E-state index in [0.29, 0.717) is 10.9 Å². The number of rotatable bonds is 3. The number of hydrogen-bond donors (Lipinski definition) is 0. The Hall–Kier alpha value is -0.380. The van der Waals surface area contributed by atoms with E-state index in [-0.39, 0.29) is 5.78 Å². The zero-order chi connectivity index (χ0) is 8.55. The fraction of sp³-hybridized carbons (Fsp3) is 0.375. The van der Waals surface area contributed by atoms with Crippen LogP contribution in [-0.2, 0) is 0 Å². The molecule has 0 atom stereocenters. The second kappa shape index (κ2) is 3.17. The van der Waals surface area contributed by atoms with Gasteiger partial charge in [-0.15, -0.1) is 11.3 Å². The molecule has 0 radical (unpaired) electrons. The first kappa shape index (κ1) is 8.23. The second-order valence-corrected chi connectivity index (χ2v) is 4.52. The Labute approximate surface area is 79.8 Å². The maximum atomic E-state index is 11.4. The maximum Gasteiger partial charge on any atom is 0.186 e. The molecular weight excluding hydrogens is 194 g/mol. The largest absolute Gasteiger partial charge is 0.293 e. The summed E-state index contributed by atoms with van der Waals surface area (Å²) in [4.78, 5) is 14.3. The van der Waals surface area contributed by atoms with Crippen molar-refractivity contribution in [2.24, 2.45) is 0 Å². The molecule has 2 nitrogen and oxygen atoms in total. The number of carbonyl (C=O) groups excluding carboxylic acids is 1. The first-order valence-corrected chi connectivity index (χ1v) is 4.96. The Morgan fingerprint density at radius 3 is 2.83 bits per heavy atom. The number of Topliss-reactive ketones (excluding diaryl/α,β-unsaturated/α-hetero) is 1. The molecule has 1 aromatic rings. The topological polar surface area (TPSA) is 20.1 Å². The summed E-state index contributed by atoms with van der Waals surface area (Å²) >= 11 is 7.06. The molecule has 0 amide bonds. The van der Waals surface area contributed by atoms with E-state index in [4.69, 9.17) is 11.6 Å². The van der Waals surface area contributed by atoms with Gasteiger partial charge in [0.1, 0.15) is 0 Å². The third-order valence-corrected chi connectivity index (χ3v) is 3.03. The number of hydrogen-bond acceptors (Lipinski definition) is 3. The van der Waals surface area contributed by atoms with Crippen LogP contribution >= 0.6 is 22.9 Å². The van der Waals surface area contributed by atoms with Crippen molar-refractivity contribution in [3.8, 4) is 0 Å². The molecule has 4 heteroatoms. The van der Waals surface area contributed by atoms with Gasteiger partial charge in [-0.3, -0.25) is 9.69 Å². The number of halogens is 1. The van der Waals surface area contributed by atoms with Crippen molar-refractivity contribution >= 4 is 28.7 Å². The smallest absolute Gasteiger partial charge is 0.186 e. The highest BCUT2D eigenvalue weighted by molar-refractivity contribution is 7.18. The van der Waals surface area contributed by atoms with Gasteiger partial charge in [-0.05, 0) is 12.1 Å². The SMILES string of the molecule is O=C(CN1CC1)c1ccc(Cl)s1. The summed E-state index contributed by atoms with van der Waals surface area (Å²) in [5, 5.41) is 0. The normalized spacial score (nSPS) is 16.4. The quantitative estimate of drug-likeness (QED) is 0.550. The van der Waals surface area contributed by atoms with Gasteiger partial charge in [-0.25, -0.2) is 0 Å². The monoisotopic (exact) mass is 201 g/mol. The average Bonchev–Trinajstić information content (AvgIpc) is 2.72. The van der Waals surface area contributed by atoms with Crippen molar-refractivity contribution in [3.63, 3.8) is 0 Å². The van der Waals surface area contributed by atoms with Gasteiger partial charge in [0.25, 0.3) is 0 Å². The molecular formula is C8H8ClNOS. The molecule has 1 aliphatic heterocycles. The fourth-order valence-electron chi connectivity index (χ4n) is 0.974. The van der Waals surface area contributed by atoms with Crippen molar-refractivity contribution in [2.75, 3.05) is 19.6 Å². The molecule has 1 aromatic heterocycles. The van der Waals surface area contributed by atoms with Crippen LogP contribution in [0.2, 0.25) is 4.34 Å². The van der Waals surface area contributed by atoms with Crippen LogP contribution < -0.4 is 0 Å². The summed E-state index contributed by atoms with van der Waals surface area (Å²) in [6.45, 7) is 2.67. The van der Waals surface area contributed by atoms with Crippen LogP contribution in [0.25, 0.3) is 0 Å². The van der Waals surface area contributed by atoms with E-state index < -0.39 is 0 Å². The van der Waals surface area contributed by atoms with Crippen LogP contribution in [0, 0.1) is 0 Å². The predicted octanol–water partition coefficient (Wildman–Crippen LogP) is 1.90. The number of thiophene rings is 1. The Morgan fingerprint density at radius 2 is 2.33 bits per heavy atom. The van der Waals surface area contributed by atoms with E-state index in [0.717, 1.165) is 18.0 Å². The number of nitrogens with zero attached hydrogens (tertiary/aromatic N) is 1. The molecule has 2 heterocycles. The summed E-state index contributed by atoms with van der Waals surface area (Å²) in [7, 11) is 0. The minimum Gasteiger partial charge on any atom is -0.293 e. The summed E-state index contributed by atoms with van der Waals surface area (Å²) in [6.07, 6.45) is 0. The van der Waals surface area contributed by atoms with Crippen molar-refractivity contribution in [3.05, 3.63) is 21.3 Å². The van der Waals surface area contributed by atoms with Crippen molar-refractivity contribution in [1.29, 1.82) is 0 Å². The lowest BCUT2D eigenvalue weighted by Crippen LogP contribution is -2.11. The van der Waals surface area contributed by atoms with Crippen LogP contribution in [0.3, 0.4) is 0 Å². The molecule has 0 spiro atoms. The molecule has 0 aromatic carbocycles. The van der Waals surface area contributed by atoms with E-state index >= 15 is 0 Å². The molecule has 2 rings (SSSR count). The van der Waals surface area contributed by atoms with E-state index in [9.17, 15) is 4.79 Å². The van der Waals surface area contributed by atoms with Gasteiger partial charge in [0.05, 0.1) is 15.8 Å².